The van der Waals surface area contributed by atoms with Gasteiger partial charge in [-0.3, -0.25) is 3.97 Å². The highest BCUT2D eigenvalue weighted by atomic mass is 32.2. The van der Waals surface area contributed by atoms with E-state index < -0.39 is 21.5 Å². The Morgan fingerprint density at radius 3 is 2.52 bits per heavy atom. The van der Waals surface area contributed by atoms with Gasteiger partial charge in [0.1, 0.15) is 0 Å². The molecule has 1 N–H and O–H groups in total. The van der Waals surface area contributed by atoms with Crippen LogP contribution in [0.15, 0.2) is 36.4 Å². The molecule has 25 heavy (non-hydrogen) atoms. The normalized spacial score (nSPS) is 16.0. The average molecular weight is 380 g/mol. The molecule has 1 aliphatic heterocycles. The third-order valence-electron chi connectivity index (χ3n) is 4.38. The second-order valence-electron chi connectivity index (χ2n) is 6.06. The number of benzene rings is 2. The van der Waals surface area contributed by atoms with Crippen LogP contribution in [0.25, 0.3) is 10.9 Å². The molecular weight excluding hydrogens is 366 g/mol. The molecule has 0 aliphatic carbocycles. The Hall–Kier alpha value is -2.06. The van der Waals surface area contributed by atoms with Gasteiger partial charge < -0.3 is 5.32 Å². The molecule has 0 unspecified atom stereocenters. The van der Waals surface area contributed by atoms with E-state index in [1.165, 1.54) is 6.07 Å². The highest BCUT2D eigenvalue weighted by Gasteiger charge is 2.27. The lowest BCUT2D eigenvalue weighted by molar-refractivity contribution is 0.509. The number of rotatable bonds is 2. The Balaban J connectivity index is 1.78. The van der Waals surface area contributed by atoms with Gasteiger partial charge in [0.2, 0.25) is 0 Å². The highest BCUT2D eigenvalue weighted by molar-refractivity contribution is 7.90. The lowest BCUT2D eigenvalue weighted by atomic mass is 10.1. The summed E-state index contributed by atoms with van der Waals surface area (Å²) in [4.78, 5) is 0. The van der Waals surface area contributed by atoms with Crippen LogP contribution in [0.3, 0.4) is 0 Å². The van der Waals surface area contributed by atoms with Gasteiger partial charge in [-0.15, -0.1) is 0 Å². The van der Waals surface area contributed by atoms with Crippen molar-refractivity contribution in [2.75, 3.05) is 11.1 Å². The van der Waals surface area contributed by atoms with Crippen LogP contribution in [-0.2, 0) is 22.0 Å². The van der Waals surface area contributed by atoms with Gasteiger partial charge in [0.05, 0.1) is 17.0 Å². The molecule has 1 aromatic heterocycles. The molecule has 130 valence electrons. The predicted molar refractivity (Wildman–Crippen MR) is 97.2 cm³/mol. The molecule has 0 spiro atoms. The molecule has 1 aliphatic rings. The molecule has 2 heterocycles. The molecule has 0 saturated carbocycles. The summed E-state index contributed by atoms with van der Waals surface area (Å²) in [7, 11) is -3.12. The zero-order chi connectivity index (χ0) is 17.8. The minimum absolute atomic E-state index is 0.0129. The highest BCUT2D eigenvalue weighted by Crippen LogP contribution is 2.34. The van der Waals surface area contributed by atoms with Crippen LogP contribution < -0.4 is 5.32 Å². The van der Waals surface area contributed by atoms with Crippen LogP contribution in [0.4, 0.5) is 20.2 Å². The SMILES string of the molecule is O=S1(=O)CCc2c(c3cc(Nc4ccc(F)c(F)c4)ccc3n2S)C1. The standard InChI is InChI=1S/C17H14F2N2O2S2/c18-14-3-1-11(8-15(14)19)20-10-2-4-16-12(7-10)13-9-25(22,23)6-5-17(13)21(16)24/h1-4,7-8,20,24H,5-6,9H2. The van der Waals surface area contributed by atoms with Gasteiger partial charge in [0, 0.05) is 34.9 Å². The summed E-state index contributed by atoms with van der Waals surface area (Å²) >= 11 is 4.48. The van der Waals surface area contributed by atoms with E-state index in [1.54, 1.807) is 10.0 Å². The van der Waals surface area contributed by atoms with Gasteiger partial charge >= 0.3 is 0 Å². The van der Waals surface area contributed by atoms with Crippen LogP contribution in [0.2, 0.25) is 0 Å². The Kier molecular flexibility index (Phi) is 3.77. The number of sulfone groups is 1. The molecule has 4 rings (SSSR count). The molecule has 0 radical (unpaired) electrons. The summed E-state index contributed by atoms with van der Waals surface area (Å²) in [6.07, 6.45) is 0.432. The first-order valence-corrected chi connectivity index (χ1v) is 9.84. The average Bonchev–Trinajstić information content (AvgIpc) is 2.82. The Morgan fingerprint density at radius 1 is 1.04 bits per heavy atom. The molecular formula is C17H14F2N2O2S2. The lowest BCUT2D eigenvalue weighted by Crippen LogP contribution is -2.19. The zero-order valence-corrected chi connectivity index (χ0v) is 14.7. The molecule has 0 atom stereocenters. The van der Waals surface area contributed by atoms with Crippen molar-refractivity contribution < 1.29 is 17.2 Å². The van der Waals surface area contributed by atoms with Crippen LogP contribution in [0.5, 0.6) is 0 Å². The van der Waals surface area contributed by atoms with Gasteiger partial charge in [-0.2, -0.15) is 0 Å². The van der Waals surface area contributed by atoms with E-state index >= 15 is 0 Å². The molecule has 0 amide bonds. The molecule has 4 nitrogen and oxygen atoms in total. The van der Waals surface area contributed by atoms with Crippen molar-refractivity contribution in [1.29, 1.82) is 0 Å². The van der Waals surface area contributed by atoms with Crippen LogP contribution in [0, 0.1) is 11.6 Å². The number of aromatic nitrogens is 1. The molecule has 3 aromatic rings. The van der Waals surface area contributed by atoms with Crippen molar-refractivity contribution in [3.8, 4) is 0 Å². The van der Waals surface area contributed by atoms with E-state index in [1.807, 2.05) is 12.1 Å². The molecule has 0 fully saturated rings. The Bertz CT molecular complexity index is 1110. The first kappa shape index (κ1) is 16.4. The summed E-state index contributed by atoms with van der Waals surface area (Å²) in [5, 5.41) is 3.80. The molecule has 8 heteroatoms. The number of anilines is 2. The predicted octanol–water partition coefficient (Wildman–Crippen LogP) is 3.83. The largest absolute Gasteiger partial charge is 0.355 e. The number of nitrogens with one attached hydrogen (secondary N) is 1. The fourth-order valence-electron chi connectivity index (χ4n) is 3.17. The fourth-order valence-corrected chi connectivity index (χ4v) is 4.98. The van der Waals surface area contributed by atoms with E-state index in [0.717, 1.165) is 34.3 Å². The minimum Gasteiger partial charge on any atom is -0.355 e. The van der Waals surface area contributed by atoms with Gasteiger partial charge in [0.25, 0.3) is 0 Å². The van der Waals surface area contributed by atoms with E-state index in [2.05, 4.69) is 18.1 Å². The van der Waals surface area contributed by atoms with E-state index in [4.69, 9.17) is 0 Å². The Morgan fingerprint density at radius 2 is 1.76 bits per heavy atom. The number of nitrogens with zero attached hydrogens (tertiary/aromatic N) is 1. The van der Waals surface area contributed by atoms with Crippen molar-refractivity contribution in [3.63, 3.8) is 0 Å². The monoisotopic (exact) mass is 380 g/mol. The van der Waals surface area contributed by atoms with E-state index in [0.29, 0.717) is 17.8 Å². The summed E-state index contributed by atoms with van der Waals surface area (Å²) in [6.45, 7) is 0. The molecule has 2 aromatic carbocycles. The summed E-state index contributed by atoms with van der Waals surface area (Å²) in [6, 6.07) is 8.99. The lowest BCUT2D eigenvalue weighted by Gasteiger charge is -2.13. The quantitative estimate of drug-likeness (QED) is 0.665. The minimum atomic E-state index is -3.12. The summed E-state index contributed by atoms with van der Waals surface area (Å²) in [5.74, 6) is -1.73. The van der Waals surface area contributed by atoms with Crippen molar-refractivity contribution in [2.24, 2.45) is 0 Å². The second kappa shape index (κ2) is 5.74. The van der Waals surface area contributed by atoms with Gasteiger partial charge in [-0.1, -0.05) is 12.8 Å². The number of thiol groups is 1. The van der Waals surface area contributed by atoms with E-state index in [-0.39, 0.29) is 11.5 Å². The smallest absolute Gasteiger partial charge is 0.160 e. The number of hydrogen-bond acceptors (Lipinski definition) is 4. The van der Waals surface area contributed by atoms with Crippen molar-refractivity contribution >= 4 is 44.9 Å². The van der Waals surface area contributed by atoms with Gasteiger partial charge in [-0.05, 0) is 35.9 Å². The van der Waals surface area contributed by atoms with Crippen molar-refractivity contribution in [1.82, 2.24) is 3.97 Å². The van der Waals surface area contributed by atoms with Crippen LogP contribution in [-0.4, -0.2) is 18.1 Å². The first-order valence-electron chi connectivity index (χ1n) is 7.62. The number of hydrogen-bond donors (Lipinski definition) is 2. The first-order chi connectivity index (χ1) is 11.8. The zero-order valence-electron chi connectivity index (χ0n) is 13.0. The Labute approximate surface area is 148 Å². The summed E-state index contributed by atoms with van der Waals surface area (Å²) in [5.41, 5.74) is 3.54. The van der Waals surface area contributed by atoms with Crippen molar-refractivity contribution in [3.05, 3.63) is 59.3 Å². The van der Waals surface area contributed by atoms with Crippen molar-refractivity contribution in [2.45, 2.75) is 12.2 Å². The summed E-state index contributed by atoms with van der Waals surface area (Å²) < 4.78 is 52.1. The second-order valence-corrected chi connectivity index (χ2v) is 8.65. The van der Waals surface area contributed by atoms with Gasteiger partial charge in [-0.25, -0.2) is 17.2 Å². The maximum Gasteiger partial charge on any atom is 0.160 e. The van der Waals surface area contributed by atoms with Gasteiger partial charge in [0.15, 0.2) is 21.5 Å². The number of halogens is 2. The van der Waals surface area contributed by atoms with E-state index in [9.17, 15) is 17.2 Å². The van der Waals surface area contributed by atoms with Crippen LogP contribution >= 0.6 is 12.8 Å². The fraction of sp³-hybridized carbons (Fsp3) is 0.176. The maximum absolute atomic E-state index is 13.4. The van der Waals surface area contributed by atoms with Crippen LogP contribution in [0.1, 0.15) is 11.3 Å². The number of fused-ring (bicyclic) bond motifs is 3. The molecule has 0 saturated heterocycles. The topological polar surface area (TPSA) is 51.1 Å². The molecule has 0 bridgehead atoms. The third-order valence-corrected chi connectivity index (χ3v) is 6.39. The maximum atomic E-state index is 13.4. The third kappa shape index (κ3) is 2.89.